The number of carbonyl (C=O) groups excluding carboxylic acids is 3. The van der Waals surface area contributed by atoms with Crippen molar-refractivity contribution in [3.05, 3.63) is 77.1 Å². The minimum absolute atomic E-state index is 0.0542. The Morgan fingerprint density at radius 2 is 1.93 bits per heavy atom. The highest BCUT2D eigenvalue weighted by molar-refractivity contribution is 6.05. The van der Waals surface area contributed by atoms with Crippen LogP contribution in [0.25, 0.3) is 5.69 Å². The van der Waals surface area contributed by atoms with Crippen LogP contribution in [0, 0.1) is 0 Å². The van der Waals surface area contributed by atoms with E-state index in [2.05, 4.69) is 45.8 Å². The first-order valence-corrected chi connectivity index (χ1v) is 14.4. The van der Waals surface area contributed by atoms with Gasteiger partial charge in [-0.2, -0.15) is 5.10 Å². The minimum atomic E-state index is -0.615. The van der Waals surface area contributed by atoms with Crippen molar-refractivity contribution < 1.29 is 23.9 Å². The predicted molar refractivity (Wildman–Crippen MR) is 149 cm³/mol. The monoisotopic (exact) mass is 555 g/mol. The second kappa shape index (κ2) is 10.8. The summed E-state index contributed by atoms with van der Waals surface area (Å²) in [4.78, 5) is 40.7. The molecule has 3 aromatic rings. The van der Waals surface area contributed by atoms with Crippen LogP contribution < -0.4 is 10.1 Å². The number of ether oxygens (including phenoxy) is 2. The molecular weight excluding hydrogens is 522 g/mol. The van der Waals surface area contributed by atoms with Crippen molar-refractivity contribution in [2.24, 2.45) is 0 Å². The molecule has 0 bridgehead atoms. The van der Waals surface area contributed by atoms with E-state index in [0.29, 0.717) is 24.4 Å². The largest absolute Gasteiger partial charge is 0.489 e. The molecule has 3 atom stereocenters. The van der Waals surface area contributed by atoms with E-state index >= 15 is 0 Å². The predicted octanol–water partition coefficient (Wildman–Crippen LogP) is 2.79. The molecule has 2 unspecified atom stereocenters. The first-order chi connectivity index (χ1) is 20.0. The standard InChI is InChI=1S/C31H33N5O5/c37-29-8-7-28(30(38)33-29)35-17-23-13-25(5-6-27(23)31(35)39)41-26-9-11-34(18-26)15-20-14-32-36(16-20)24-3-1-21(2-4-24)22-10-12-40-19-22/h1-6,13-14,16,22,26,28H,7-12,15,17-19H2,(H,33,37,38)/t22?,26-,28?/m0/s1. The molecule has 0 saturated carbocycles. The number of carbonyl (C=O) groups is 3. The smallest absolute Gasteiger partial charge is 0.255 e. The zero-order valence-electron chi connectivity index (χ0n) is 22.8. The molecule has 41 heavy (non-hydrogen) atoms. The van der Waals surface area contributed by atoms with Crippen molar-refractivity contribution in [1.82, 2.24) is 24.9 Å². The van der Waals surface area contributed by atoms with E-state index in [1.165, 1.54) is 5.56 Å². The Morgan fingerprint density at radius 3 is 2.73 bits per heavy atom. The lowest BCUT2D eigenvalue weighted by molar-refractivity contribution is -0.136. The topological polar surface area (TPSA) is 106 Å². The molecule has 0 radical (unpaired) electrons. The van der Waals surface area contributed by atoms with Crippen molar-refractivity contribution in [1.29, 1.82) is 0 Å². The van der Waals surface area contributed by atoms with Gasteiger partial charge in [0.1, 0.15) is 17.9 Å². The van der Waals surface area contributed by atoms with Crippen molar-refractivity contribution >= 4 is 17.7 Å². The van der Waals surface area contributed by atoms with Crippen LogP contribution in [0.2, 0.25) is 0 Å². The van der Waals surface area contributed by atoms with Gasteiger partial charge in [-0.15, -0.1) is 0 Å². The van der Waals surface area contributed by atoms with Gasteiger partial charge in [-0.1, -0.05) is 12.1 Å². The number of amides is 3. The summed E-state index contributed by atoms with van der Waals surface area (Å²) in [5.74, 6) is 0.366. The quantitative estimate of drug-likeness (QED) is 0.447. The molecular formula is C31H33N5O5. The van der Waals surface area contributed by atoms with E-state index in [4.69, 9.17) is 9.47 Å². The number of nitrogens with one attached hydrogen (secondary N) is 1. The highest BCUT2D eigenvalue weighted by atomic mass is 16.5. The molecule has 4 aliphatic heterocycles. The summed E-state index contributed by atoms with van der Waals surface area (Å²) < 4.78 is 13.8. The average molecular weight is 556 g/mol. The molecule has 0 spiro atoms. The summed E-state index contributed by atoms with van der Waals surface area (Å²) in [6, 6.07) is 13.5. The maximum Gasteiger partial charge on any atom is 0.255 e. The van der Waals surface area contributed by atoms with Crippen molar-refractivity contribution in [2.75, 3.05) is 26.3 Å². The van der Waals surface area contributed by atoms with Crippen molar-refractivity contribution in [3.63, 3.8) is 0 Å². The molecule has 3 fully saturated rings. The number of hydrogen-bond donors (Lipinski definition) is 1. The van der Waals surface area contributed by atoms with E-state index in [1.807, 2.05) is 23.0 Å². The maximum atomic E-state index is 13.0. The Kier molecular flexibility index (Phi) is 6.80. The van der Waals surface area contributed by atoms with Crippen LogP contribution in [0.3, 0.4) is 0 Å². The number of imide groups is 1. The van der Waals surface area contributed by atoms with Gasteiger partial charge in [0, 0.05) is 62.4 Å². The summed E-state index contributed by atoms with van der Waals surface area (Å²) in [5.41, 5.74) is 4.97. The summed E-state index contributed by atoms with van der Waals surface area (Å²) in [6.45, 7) is 4.54. The fourth-order valence-corrected chi connectivity index (χ4v) is 6.39. The van der Waals surface area contributed by atoms with Crippen LogP contribution in [0.4, 0.5) is 0 Å². The normalized spacial score (nSPS) is 24.6. The summed E-state index contributed by atoms with van der Waals surface area (Å²) >= 11 is 0. The molecule has 7 rings (SSSR count). The number of likely N-dealkylation sites (tertiary alicyclic amines) is 1. The number of aromatic nitrogens is 2. The molecule has 3 amide bonds. The van der Waals surface area contributed by atoms with Crippen LogP contribution in [0.5, 0.6) is 5.75 Å². The van der Waals surface area contributed by atoms with Gasteiger partial charge in [-0.25, -0.2) is 4.68 Å². The first-order valence-electron chi connectivity index (χ1n) is 14.4. The highest BCUT2D eigenvalue weighted by Gasteiger charge is 2.39. The second-order valence-corrected chi connectivity index (χ2v) is 11.4. The lowest BCUT2D eigenvalue weighted by Crippen LogP contribution is -2.52. The van der Waals surface area contributed by atoms with E-state index < -0.39 is 11.9 Å². The molecule has 10 nitrogen and oxygen atoms in total. The Labute approximate surface area is 238 Å². The molecule has 5 heterocycles. The Balaban J connectivity index is 0.936. The SMILES string of the molecule is O=C1CCC(N2Cc3cc(O[C@H]4CCN(Cc5cnn(-c6ccc(C7CCOC7)cc6)c5)C4)ccc3C2=O)C(=O)N1. The van der Waals surface area contributed by atoms with E-state index in [1.54, 1.807) is 11.0 Å². The summed E-state index contributed by atoms with van der Waals surface area (Å²) in [7, 11) is 0. The third-order valence-corrected chi connectivity index (χ3v) is 8.63. The third-order valence-electron chi connectivity index (χ3n) is 8.63. The molecule has 1 N–H and O–H groups in total. The number of fused-ring (bicyclic) bond motifs is 1. The summed E-state index contributed by atoms with van der Waals surface area (Å²) in [6.07, 6.45) is 6.67. The van der Waals surface area contributed by atoms with E-state index in [-0.39, 0.29) is 24.3 Å². The number of rotatable bonds is 7. The highest BCUT2D eigenvalue weighted by Crippen LogP contribution is 2.31. The number of nitrogens with zero attached hydrogens (tertiary/aromatic N) is 4. The maximum absolute atomic E-state index is 13.0. The Bertz CT molecular complexity index is 1480. The minimum Gasteiger partial charge on any atom is -0.489 e. The van der Waals surface area contributed by atoms with Gasteiger partial charge in [-0.3, -0.25) is 24.6 Å². The second-order valence-electron chi connectivity index (χ2n) is 11.4. The van der Waals surface area contributed by atoms with Crippen LogP contribution >= 0.6 is 0 Å². The molecule has 1 aromatic heterocycles. The first kappa shape index (κ1) is 25.9. The van der Waals surface area contributed by atoms with Crippen LogP contribution in [-0.4, -0.2) is 75.8 Å². The fraction of sp³-hybridized carbons (Fsp3) is 0.419. The van der Waals surface area contributed by atoms with E-state index in [9.17, 15) is 14.4 Å². The van der Waals surface area contributed by atoms with Gasteiger partial charge < -0.3 is 14.4 Å². The average Bonchev–Trinajstić information content (AvgIpc) is 3.78. The van der Waals surface area contributed by atoms with Gasteiger partial charge >= 0.3 is 0 Å². The third kappa shape index (κ3) is 5.25. The molecule has 4 aliphatic rings. The molecule has 3 saturated heterocycles. The number of benzene rings is 2. The summed E-state index contributed by atoms with van der Waals surface area (Å²) in [5, 5.41) is 6.94. The van der Waals surface area contributed by atoms with Gasteiger partial charge in [0.2, 0.25) is 11.8 Å². The Hall–Kier alpha value is -4.02. The fourth-order valence-electron chi connectivity index (χ4n) is 6.39. The molecule has 0 aliphatic carbocycles. The van der Waals surface area contributed by atoms with Crippen LogP contribution in [0.15, 0.2) is 54.9 Å². The van der Waals surface area contributed by atoms with E-state index in [0.717, 1.165) is 68.3 Å². The number of piperidine rings is 1. The molecule has 2 aromatic carbocycles. The van der Waals surface area contributed by atoms with Gasteiger partial charge in [0.05, 0.1) is 18.5 Å². The zero-order valence-corrected chi connectivity index (χ0v) is 22.8. The van der Waals surface area contributed by atoms with Gasteiger partial charge in [-0.05, 0) is 60.7 Å². The van der Waals surface area contributed by atoms with Crippen molar-refractivity contribution in [2.45, 2.75) is 56.8 Å². The number of hydrogen-bond acceptors (Lipinski definition) is 7. The van der Waals surface area contributed by atoms with Gasteiger partial charge in [0.25, 0.3) is 5.91 Å². The van der Waals surface area contributed by atoms with Crippen LogP contribution in [-0.2, 0) is 27.4 Å². The Morgan fingerprint density at radius 1 is 1.05 bits per heavy atom. The van der Waals surface area contributed by atoms with Gasteiger partial charge in [0.15, 0.2) is 0 Å². The lowest BCUT2D eigenvalue weighted by atomic mass is 9.98. The molecule has 212 valence electrons. The zero-order chi connectivity index (χ0) is 27.9. The molecule has 10 heteroatoms. The lowest BCUT2D eigenvalue weighted by Gasteiger charge is -2.29. The van der Waals surface area contributed by atoms with Crippen molar-refractivity contribution in [3.8, 4) is 11.4 Å². The van der Waals surface area contributed by atoms with Crippen LogP contribution in [0.1, 0.15) is 58.6 Å².